The predicted octanol–water partition coefficient (Wildman–Crippen LogP) is 2.83. The first kappa shape index (κ1) is 17.6. The summed E-state index contributed by atoms with van der Waals surface area (Å²) >= 11 is 0. The van der Waals surface area contributed by atoms with E-state index in [9.17, 15) is 13.9 Å². The molecule has 1 atom stereocenters. The van der Waals surface area contributed by atoms with Gasteiger partial charge in [-0.05, 0) is 24.3 Å². The van der Waals surface area contributed by atoms with E-state index in [2.05, 4.69) is 4.90 Å². The smallest absolute Gasteiger partial charge is 0.142 e. The molecular formula is C19H22F2N2O2. The number of methoxy groups -OCH3 is 1. The lowest BCUT2D eigenvalue weighted by Crippen LogP contribution is -2.47. The van der Waals surface area contributed by atoms with Crippen LogP contribution in [-0.2, 0) is 0 Å². The first-order valence-corrected chi connectivity index (χ1v) is 8.32. The summed E-state index contributed by atoms with van der Waals surface area (Å²) in [5.41, 5.74) is 0.778. The number of halogens is 2. The fourth-order valence-corrected chi connectivity index (χ4v) is 3.23. The molecule has 1 aliphatic rings. The second-order valence-corrected chi connectivity index (χ2v) is 6.11. The quantitative estimate of drug-likeness (QED) is 0.901. The van der Waals surface area contributed by atoms with Crippen LogP contribution in [0, 0.1) is 11.6 Å². The maximum absolute atomic E-state index is 13.8. The Hall–Kier alpha value is -2.18. The van der Waals surface area contributed by atoms with E-state index < -0.39 is 17.7 Å². The van der Waals surface area contributed by atoms with Crippen LogP contribution in [0.2, 0.25) is 0 Å². The van der Waals surface area contributed by atoms with Gasteiger partial charge in [0.2, 0.25) is 0 Å². The number of aliphatic hydroxyl groups is 1. The molecule has 25 heavy (non-hydrogen) atoms. The van der Waals surface area contributed by atoms with Crippen LogP contribution in [0.15, 0.2) is 42.5 Å². The summed E-state index contributed by atoms with van der Waals surface area (Å²) in [7, 11) is 1.65. The highest BCUT2D eigenvalue weighted by atomic mass is 19.1. The van der Waals surface area contributed by atoms with E-state index in [-0.39, 0.29) is 12.1 Å². The van der Waals surface area contributed by atoms with Crippen molar-refractivity contribution in [1.82, 2.24) is 4.90 Å². The third-order valence-electron chi connectivity index (χ3n) is 4.56. The summed E-state index contributed by atoms with van der Waals surface area (Å²) in [4.78, 5) is 4.23. The first-order valence-electron chi connectivity index (χ1n) is 8.32. The third kappa shape index (κ3) is 3.91. The van der Waals surface area contributed by atoms with Crippen molar-refractivity contribution in [2.75, 3.05) is 44.7 Å². The van der Waals surface area contributed by atoms with Crippen LogP contribution < -0.4 is 9.64 Å². The zero-order valence-electron chi connectivity index (χ0n) is 14.2. The highest BCUT2D eigenvalue weighted by Crippen LogP contribution is 2.29. The van der Waals surface area contributed by atoms with Gasteiger partial charge in [-0.1, -0.05) is 18.2 Å². The molecule has 1 saturated heterocycles. The minimum absolute atomic E-state index is 0.206. The molecule has 1 heterocycles. The Morgan fingerprint density at radius 3 is 2.28 bits per heavy atom. The van der Waals surface area contributed by atoms with Crippen LogP contribution >= 0.6 is 0 Å². The molecule has 2 aromatic carbocycles. The van der Waals surface area contributed by atoms with E-state index in [1.807, 2.05) is 29.2 Å². The van der Waals surface area contributed by atoms with E-state index in [4.69, 9.17) is 4.74 Å². The average Bonchev–Trinajstić information content (AvgIpc) is 2.62. The van der Waals surface area contributed by atoms with Crippen molar-refractivity contribution in [1.29, 1.82) is 0 Å². The number of nitrogens with zero attached hydrogens (tertiary/aromatic N) is 2. The van der Waals surface area contributed by atoms with Gasteiger partial charge in [0.1, 0.15) is 17.4 Å². The second kappa shape index (κ2) is 7.80. The number of anilines is 1. The molecule has 0 radical (unpaired) electrons. The molecule has 6 heteroatoms. The third-order valence-corrected chi connectivity index (χ3v) is 4.56. The van der Waals surface area contributed by atoms with Crippen molar-refractivity contribution in [3.63, 3.8) is 0 Å². The number of benzene rings is 2. The van der Waals surface area contributed by atoms with E-state index in [0.717, 1.165) is 24.5 Å². The molecule has 0 aliphatic carbocycles. The van der Waals surface area contributed by atoms with Crippen LogP contribution in [-0.4, -0.2) is 49.8 Å². The van der Waals surface area contributed by atoms with Crippen LogP contribution in [0.1, 0.15) is 11.7 Å². The number of aliphatic hydroxyl groups excluding tert-OH is 1. The Morgan fingerprint density at radius 1 is 1.00 bits per heavy atom. The molecule has 1 N–H and O–H groups in total. The molecule has 2 aromatic rings. The molecule has 0 saturated carbocycles. The number of para-hydroxylation sites is 2. The summed E-state index contributed by atoms with van der Waals surface area (Å²) in [6.07, 6.45) is -1.18. The molecule has 0 aromatic heterocycles. The van der Waals surface area contributed by atoms with E-state index in [1.165, 1.54) is 18.2 Å². The van der Waals surface area contributed by atoms with Gasteiger partial charge in [-0.2, -0.15) is 0 Å². The fourth-order valence-electron chi connectivity index (χ4n) is 3.23. The lowest BCUT2D eigenvalue weighted by atomic mass is 10.1. The maximum atomic E-state index is 13.8. The minimum Gasteiger partial charge on any atom is -0.495 e. The Morgan fingerprint density at radius 2 is 1.64 bits per heavy atom. The van der Waals surface area contributed by atoms with Gasteiger partial charge in [0.25, 0.3) is 0 Å². The topological polar surface area (TPSA) is 35.9 Å². The lowest BCUT2D eigenvalue weighted by molar-refractivity contribution is 0.103. The van der Waals surface area contributed by atoms with Gasteiger partial charge >= 0.3 is 0 Å². The first-order chi connectivity index (χ1) is 12.1. The number of rotatable bonds is 5. The van der Waals surface area contributed by atoms with Crippen molar-refractivity contribution in [3.8, 4) is 5.75 Å². The summed E-state index contributed by atoms with van der Waals surface area (Å²) in [6.45, 7) is 3.12. The molecule has 4 nitrogen and oxygen atoms in total. The highest BCUT2D eigenvalue weighted by molar-refractivity contribution is 5.58. The molecule has 0 bridgehead atoms. The average molecular weight is 348 g/mol. The number of ether oxygens (including phenoxy) is 1. The Balaban J connectivity index is 1.61. The van der Waals surface area contributed by atoms with Gasteiger partial charge in [0.05, 0.1) is 24.5 Å². The number of β-amino-alcohol motifs (C(OH)–C–C–N with tert-alkyl or cyclic N) is 1. The summed E-state index contributed by atoms with van der Waals surface area (Å²) < 4.78 is 33.0. The van der Waals surface area contributed by atoms with Crippen molar-refractivity contribution in [3.05, 3.63) is 59.7 Å². The molecule has 0 spiro atoms. The summed E-state index contributed by atoms with van der Waals surface area (Å²) in [5, 5.41) is 10.2. The fraction of sp³-hybridized carbons (Fsp3) is 0.368. The molecule has 1 fully saturated rings. The van der Waals surface area contributed by atoms with E-state index in [0.29, 0.717) is 13.1 Å². The lowest BCUT2D eigenvalue weighted by Gasteiger charge is -2.37. The van der Waals surface area contributed by atoms with Crippen LogP contribution in [0.4, 0.5) is 14.5 Å². The van der Waals surface area contributed by atoms with Gasteiger partial charge in [-0.3, -0.25) is 4.90 Å². The molecule has 0 amide bonds. The van der Waals surface area contributed by atoms with Crippen molar-refractivity contribution >= 4 is 5.69 Å². The van der Waals surface area contributed by atoms with Crippen molar-refractivity contribution in [2.45, 2.75) is 6.10 Å². The van der Waals surface area contributed by atoms with E-state index in [1.54, 1.807) is 7.11 Å². The predicted molar refractivity (Wildman–Crippen MR) is 93.0 cm³/mol. The van der Waals surface area contributed by atoms with Crippen LogP contribution in [0.3, 0.4) is 0 Å². The molecule has 134 valence electrons. The number of piperazine rings is 1. The highest BCUT2D eigenvalue weighted by Gasteiger charge is 2.24. The van der Waals surface area contributed by atoms with Gasteiger partial charge in [-0.15, -0.1) is 0 Å². The van der Waals surface area contributed by atoms with Gasteiger partial charge in [-0.25, -0.2) is 8.78 Å². The monoisotopic (exact) mass is 348 g/mol. The molecular weight excluding hydrogens is 326 g/mol. The number of hydrogen-bond donors (Lipinski definition) is 1. The summed E-state index contributed by atoms with van der Waals surface area (Å²) in [6, 6.07) is 11.5. The van der Waals surface area contributed by atoms with Gasteiger partial charge in [0.15, 0.2) is 0 Å². The largest absolute Gasteiger partial charge is 0.495 e. The normalized spacial score (nSPS) is 16.7. The van der Waals surface area contributed by atoms with Gasteiger partial charge < -0.3 is 14.7 Å². The minimum atomic E-state index is -1.18. The standard InChI is InChI=1S/C19H22F2N2O2/c1-25-18-8-3-2-7-16(18)23-11-9-22(10-12-23)13-17(24)19-14(20)5-4-6-15(19)21/h2-8,17,24H,9-13H2,1H3. The van der Waals surface area contributed by atoms with Crippen LogP contribution in [0.5, 0.6) is 5.75 Å². The van der Waals surface area contributed by atoms with Crippen LogP contribution in [0.25, 0.3) is 0 Å². The Labute approximate surface area is 146 Å². The van der Waals surface area contributed by atoms with E-state index >= 15 is 0 Å². The van der Waals surface area contributed by atoms with Gasteiger partial charge in [0, 0.05) is 32.7 Å². The zero-order valence-corrected chi connectivity index (χ0v) is 14.2. The molecule has 1 aliphatic heterocycles. The van der Waals surface area contributed by atoms with Crippen molar-refractivity contribution < 1.29 is 18.6 Å². The maximum Gasteiger partial charge on any atom is 0.142 e. The number of hydrogen-bond acceptors (Lipinski definition) is 4. The van der Waals surface area contributed by atoms with Crippen molar-refractivity contribution in [2.24, 2.45) is 0 Å². The zero-order chi connectivity index (χ0) is 17.8. The second-order valence-electron chi connectivity index (χ2n) is 6.11. The Kier molecular flexibility index (Phi) is 5.50. The summed E-state index contributed by atoms with van der Waals surface area (Å²) in [5.74, 6) is -0.593. The molecule has 1 unspecified atom stereocenters. The molecule has 3 rings (SSSR count). The Bertz CT molecular complexity index is 698. The SMILES string of the molecule is COc1ccccc1N1CCN(CC(O)c2c(F)cccc2F)CC1.